The Kier molecular flexibility index (Phi) is 4.28. The molecule has 2 atom stereocenters. The highest BCUT2D eigenvalue weighted by Gasteiger charge is 2.57. The van der Waals surface area contributed by atoms with Crippen LogP contribution in [0.4, 0.5) is 0 Å². The lowest BCUT2D eigenvalue weighted by molar-refractivity contribution is -0.164. The second kappa shape index (κ2) is 5.55. The van der Waals surface area contributed by atoms with Crippen LogP contribution in [0.2, 0.25) is 0 Å². The van der Waals surface area contributed by atoms with Gasteiger partial charge in [0.05, 0.1) is 6.61 Å². The molecule has 1 N–H and O–H groups in total. The third-order valence-electron chi connectivity index (χ3n) is 3.92. The maximum atomic E-state index is 12.7. The van der Waals surface area contributed by atoms with Gasteiger partial charge in [-0.3, -0.25) is 9.59 Å². The van der Waals surface area contributed by atoms with Crippen LogP contribution in [0.5, 0.6) is 0 Å². The van der Waals surface area contributed by atoms with Crippen LogP contribution < -0.4 is 0 Å². The number of carbonyl (C=O) groups excluding carboxylic acids is 2. The molecule has 1 saturated heterocycles. The number of piperazine rings is 1. The Morgan fingerprint density at radius 2 is 1.48 bits per heavy atom. The number of amides is 2. The summed E-state index contributed by atoms with van der Waals surface area (Å²) in [4.78, 5) is 24.7. The number of benzene rings is 1. The zero-order valence-corrected chi connectivity index (χ0v) is 13.6. The number of hydrogen-bond acceptors (Lipinski definition) is 5. The monoisotopic (exact) mass is 326 g/mol. The number of hydrogen-bond donors (Lipinski definition) is 3. The second-order valence-corrected chi connectivity index (χ2v) is 6.66. The minimum atomic E-state index is -1.55. The van der Waals surface area contributed by atoms with Crippen LogP contribution in [0, 0.1) is 0 Å². The number of likely N-dealkylation sites (N-methyl/N-ethyl adjacent to an activating group) is 2. The lowest BCUT2D eigenvalue weighted by Crippen LogP contribution is -2.73. The highest BCUT2D eigenvalue weighted by atomic mass is 32.1. The third kappa shape index (κ3) is 2.43. The second-order valence-electron chi connectivity index (χ2n) is 5.18. The van der Waals surface area contributed by atoms with Gasteiger partial charge in [-0.2, -0.15) is 0 Å². The summed E-state index contributed by atoms with van der Waals surface area (Å²) in [7, 11) is 2.95. The highest BCUT2D eigenvalue weighted by Crippen LogP contribution is 2.37. The van der Waals surface area contributed by atoms with E-state index in [4.69, 9.17) is 0 Å². The van der Waals surface area contributed by atoms with Crippen molar-refractivity contribution in [2.45, 2.75) is 16.2 Å². The number of aliphatic hydroxyl groups excluding tert-OH is 1. The van der Waals surface area contributed by atoms with Crippen molar-refractivity contribution in [3.8, 4) is 0 Å². The van der Waals surface area contributed by atoms with Crippen LogP contribution in [0.25, 0.3) is 0 Å². The highest BCUT2D eigenvalue weighted by molar-refractivity contribution is 7.83. The summed E-state index contributed by atoms with van der Waals surface area (Å²) in [5.74, 6) is -0.831. The fraction of sp³-hybridized carbons (Fsp3) is 0.429. The largest absolute Gasteiger partial charge is 0.392 e. The normalized spacial score (nSPS) is 30.0. The quantitative estimate of drug-likeness (QED) is 0.705. The molecule has 2 rings (SSSR count). The van der Waals surface area contributed by atoms with Crippen LogP contribution in [-0.4, -0.2) is 57.2 Å². The van der Waals surface area contributed by atoms with E-state index in [1.54, 1.807) is 0 Å². The summed E-state index contributed by atoms with van der Waals surface area (Å²) >= 11 is 8.68. The predicted molar refractivity (Wildman–Crippen MR) is 86.2 cm³/mol. The molecule has 1 fully saturated rings. The lowest BCUT2D eigenvalue weighted by Gasteiger charge is -2.51. The average Bonchev–Trinajstić information content (AvgIpc) is 2.50. The van der Waals surface area contributed by atoms with Gasteiger partial charge in [0.25, 0.3) is 11.8 Å². The topological polar surface area (TPSA) is 60.9 Å². The molecule has 0 aromatic heterocycles. The molecule has 1 aliphatic heterocycles. The zero-order chi connectivity index (χ0) is 15.8. The summed E-state index contributed by atoms with van der Waals surface area (Å²) in [6, 6.07) is 9.35. The predicted octanol–water partition coefficient (Wildman–Crippen LogP) is 0.404. The molecule has 0 radical (unpaired) electrons. The van der Waals surface area contributed by atoms with E-state index in [0.29, 0.717) is 0 Å². The molecule has 2 unspecified atom stereocenters. The van der Waals surface area contributed by atoms with Crippen LogP contribution >= 0.6 is 25.3 Å². The van der Waals surface area contributed by atoms with Gasteiger partial charge in [-0.15, -0.1) is 25.3 Å². The Bertz CT molecular complexity index is 569. The van der Waals surface area contributed by atoms with Crippen molar-refractivity contribution < 1.29 is 14.7 Å². The molecule has 1 aromatic carbocycles. The van der Waals surface area contributed by atoms with Gasteiger partial charge in [-0.05, 0) is 5.56 Å². The van der Waals surface area contributed by atoms with Crippen molar-refractivity contribution in [3.05, 3.63) is 35.9 Å². The maximum absolute atomic E-state index is 12.7. The Morgan fingerprint density at radius 1 is 1.00 bits per heavy atom. The molecule has 1 aromatic rings. The first-order chi connectivity index (χ1) is 9.77. The van der Waals surface area contributed by atoms with Crippen molar-refractivity contribution in [3.63, 3.8) is 0 Å². The van der Waals surface area contributed by atoms with E-state index in [9.17, 15) is 14.7 Å². The van der Waals surface area contributed by atoms with Gasteiger partial charge in [-0.1, -0.05) is 30.3 Å². The van der Waals surface area contributed by atoms with E-state index in [1.165, 1.54) is 19.0 Å². The molecule has 1 aliphatic rings. The summed E-state index contributed by atoms with van der Waals surface area (Å²) in [5, 5.41) is 9.44. The van der Waals surface area contributed by atoms with Gasteiger partial charge in [0.1, 0.15) is 0 Å². The first-order valence-corrected chi connectivity index (χ1v) is 7.33. The van der Waals surface area contributed by atoms with Gasteiger partial charge in [0.2, 0.25) is 0 Å². The Hall–Kier alpha value is -1.18. The molecular formula is C14H18N2O3S2. The van der Waals surface area contributed by atoms with E-state index >= 15 is 0 Å². The summed E-state index contributed by atoms with van der Waals surface area (Å²) in [6.45, 7) is -0.559. The van der Waals surface area contributed by atoms with Gasteiger partial charge < -0.3 is 14.9 Å². The van der Waals surface area contributed by atoms with E-state index in [0.717, 1.165) is 10.5 Å². The number of rotatable bonds is 3. The maximum Gasteiger partial charge on any atom is 0.262 e. The molecule has 2 amide bonds. The molecule has 114 valence electrons. The zero-order valence-electron chi connectivity index (χ0n) is 11.9. The molecule has 1 heterocycles. The first kappa shape index (κ1) is 16.2. The van der Waals surface area contributed by atoms with Crippen LogP contribution in [0.15, 0.2) is 30.3 Å². The van der Waals surface area contributed by atoms with E-state index in [-0.39, 0.29) is 12.3 Å². The number of carbonyl (C=O) groups is 2. The van der Waals surface area contributed by atoms with E-state index < -0.39 is 22.3 Å². The molecule has 21 heavy (non-hydrogen) atoms. The minimum Gasteiger partial charge on any atom is -0.392 e. The van der Waals surface area contributed by atoms with Crippen LogP contribution in [0.3, 0.4) is 0 Å². The van der Waals surface area contributed by atoms with E-state index in [1.807, 2.05) is 30.3 Å². The van der Waals surface area contributed by atoms with Crippen LogP contribution in [0.1, 0.15) is 5.56 Å². The molecule has 7 heteroatoms. The SMILES string of the molecule is CN1C(=O)C(S)(Cc2ccccc2)N(C)C(=O)C1(S)CO. The fourth-order valence-electron chi connectivity index (χ4n) is 2.41. The summed E-state index contributed by atoms with van der Waals surface area (Å²) < 4.78 is 0. The van der Waals surface area contributed by atoms with Gasteiger partial charge in [0.15, 0.2) is 9.74 Å². The Morgan fingerprint density at radius 3 is 2.00 bits per heavy atom. The first-order valence-electron chi connectivity index (χ1n) is 6.43. The van der Waals surface area contributed by atoms with Gasteiger partial charge in [0, 0.05) is 20.5 Å². The van der Waals surface area contributed by atoms with Crippen molar-refractivity contribution >= 4 is 37.1 Å². The Labute approximate surface area is 134 Å². The molecular weight excluding hydrogens is 308 g/mol. The number of nitrogens with zero attached hydrogens (tertiary/aromatic N) is 2. The molecule has 5 nitrogen and oxygen atoms in total. The molecule has 0 bridgehead atoms. The van der Waals surface area contributed by atoms with E-state index in [2.05, 4.69) is 25.3 Å². The standard InChI is InChI=1S/C14H18N2O3S2/c1-15-12(19)14(21,9-17)16(2)11(18)13(15,20)8-10-6-4-3-5-7-10/h3-7,17,20-21H,8-9H2,1-2H3. The molecule has 0 spiro atoms. The summed E-state index contributed by atoms with van der Waals surface area (Å²) in [5.41, 5.74) is 0.893. The van der Waals surface area contributed by atoms with Crippen molar-refractivity contribution in [2.75, 3.05) is 20.7 Å². The lowest BCUT2D eigenvalue weighted by atomic mass is 9.98. The summed E-state index contributed by atoms with van der Waals surface area (Å²) in [6.07, 6.45) is 0.275. The van der Waals surface area contributed by atoms with Gasteiger partial charge >= 0.3 is 0 Å². The van der Waals surface area contributed by atoms with Gasteiger partial charge in [-0.25, -0.2) is 0 Å². The minimum absolute atomic E-state index is 0.275. The number of thiol groups is 2. The average molecular weight is 326 g/mol. The Balaban J connectivity index is 2.40. The van der Waals surface area contributed by atoms with Crippen LogP contribution in [-0.2, 0) is 16.0 Å². The molecule has 0 aliphatic carbocycles. The van der Waals surface area contributed by atoms with Crippen molar-refractivity contribution in [1.82, 2.24) is 9.80 Å². The van der Waals surface area contributed by atoms with Crippen molar-refractivity contribution in [1.29, 1.82) is 0 Å². The smallest absolute Gasteiger partial charge is 0.262 e. The number of aliphatic hydroxyl groups is 1. The fourth-order valence-corrected chi connectivity index (χ4v) is 3.07. The third-order valence-corrected chi connectivity index (χ3v) is 5.20. The van der Waals surface area contributed by atoms with Crippen molar-refractivity contribution in [2.24, 2.45) is 0 Å². The molecule has 0 saturated carbocycles.